The number of nitrogens with one attached hydrogen (secondary N) is 1. The first-order chi connectivity index (χ1) is 19.3. The number of aliphatic hydroxyl groups is 1. The molecular weight excluding hydrogens is 554 g/mol. The van der Waals surface area contributed by atoms with Gasteiger partial charge in [0.2, 0.25) is 0 Å². The van der Waals surface area contributed by atoms with E-state index in [9.17, 15) is 13.5 Å². The molecular formula is C29H30ClN3O6S. The van der Waals surface area contributed by atoms with E-state index in [2.05, 4.69) is 15.0 Å². The molecule has 2 aliphatic heterocycles. The van der Waals surface area contributed by atoms with Crippen molar-refractivity contribution in [2.24, 2.45) is 11.8 Å². The second kappa shape index (κ2) is 11.1. The Bertz CT molecular complexity index is 1600. The van der Waals surface area contributed by atoms with Gasteiger partial charge in [-0.2, -0.15) is 4.98 Å². The van der Waals surface area contributed by atoms with Gasteiger partial charge in [-0.15, -0.1) is 0 Å². The van der Waals surface area contributed by atoms with Crippen LogP contribution in [0.3, 0.4) is 0 Å². The maximum atomic E-state index is 12.6. The largest absolute Gasteiger partial charge is 0.459 e. The van der Waals surface area contributed by atoms with Gasteiger partial charge < -0.3 is 24.3 Å². The fourth-order valence-corrected chi connectivity index (χ4v) is 6.94. The number of benzene rings is 2. The normalized spacial score (nSPS) is 21.8. The molecule has 0 bridgehead atoms. The summed E-state index contributed by atoms with van der Waals surface area (Å²) in [6, 6.07) is 16.9. The molecule has 9 nitrogen and oxygen atoms in total. The van der Waals surface area contributed by atoms with Gasteiger partial charge in [0.15, 0.2) is 15.5 Å². The van der Waals surface area contributed by atoms with Crippen molar-refractivity contribution in [3.05, 3.63) is 59.6 Å². The van der Waals surface area contributed by atoms with E-state index in [-0.39, 0.29) is 36.4 Å². The molecule has 0 unspecified atom stereocenters. The number of H-pyrrole nitrogens is 1. The summed E-state index contributed by atoms with van der Waals surface area (Å²) in [7, 11) is -3.33. The van der Waals surface area contributed by atoms with Crippen LogP contribution in [0.1, 0.15) is 13.3 Å². The van der Waals surface area contributed by atoms with E-state index >= 15 is 0 Å². The predicted molar refractivity (Wildman–Crippen MR) is 151 cm³/mol. The first-order valence-corrected chi connectivity index (χ1v) is 15.3. The lowest BCUT2D eigenvalue weighted by atomic mass is 9.95. The summed E-state index contributed by atoms with van der Waals surface area (Å²) in [6.07, 6.45) is 0.410. The zero-order valence-corrected chi connectivity index (χ0v) is 23.5. The smallest absolute Gasteiger partial charge is 0.296 e. The Morgan fingerprint density at radius 2 is 1.70 bits per heavy atom. The number of hydrogen-bond acceptors (Lipinski definition) is 8. The molecule has 3 atom stereocenters. The minimum atomic E-state index is -3.33. The zero-order valence-electron chi connectivity index (χ0n) is 21.9. The quantitative estimate of drug-likeness (QED) is 0.310. The topological polar surface area (TPSA) is 124 Å². The summed E-state index contributed by atoms with van der Waals surface area (Å²) < 4.78 is 42.1. The van der Waals surface area contributed by atoms with Gasteiger partial charge in [0.25, 0.3) is 6.01 Å². The van der Waals surface area contributed by atoms with E-state index in [1.54, 1.807) is 18.2 Å². The summed E-state index contributed by atoms with van der Waals surface area (Å²) in [5, 5.41) is 9.87. The van der Waals surface area contributed by atoms with Gasteiger partial charge in [-0.05, 0) is 41.7 Å². The molecule has 2 saturated heterocycles. The second-order valence-corrected chi connectivity index (χ2v) is 13.0. The molecule has 2 aromatic heterocycles. The predicted octanol–water partition coefficient (Wildman–Crippen LogP) is 4.53. The number of aromatic amines is 1. The molecule has 2 aliphatic rings. The lowest BCUT2D eigenvalue weighted by Crippen LogP contribution is -2.40. The molecule has 2 aromatic carbocycles. The van der Waals surface area contributed by atoms with Gasteiger partial charge in [0.05, 0.1) is 59.4 Å². The van der Waals surface area contributed by atoms with E-state index in [4.69, 9.17) is 25.8 Å². The van der Waals surface area contributed by atoms with Crippen LogP contribution >= 0.6 is 11.6 Å². The van der Waals surface area contributed by atoms with Crippen molar-refractivity contribution in [3.8, 4) is 28.4 Å². The molecule has 2 N–H and O–H groups in total. The van der Waals surface area contributed by atoms with Crippen LogP contribution in [0, 0.1) is 11.8 Å². The summed E-state index contributed by atoms with van der Waals surface area (Å²) in [5.41, 5.74) is 4.43. The standard InChI is InChI=1S/C29H30ClN3O6S/c1-17-10-22(15-38-26(17)12-34)39-29-31-25-11-24(30)27(32-28(25)33-29)21-4-2-19(3-5-21)20-6-8-23(9-7-20)40(35,36)16-18-13-37-14-18/h2-9,11,17-18,22,26,34H,10,12-16H2,1H3,(H,31,32,33)/t17-,22+,26+/m0/s1. The van der Waals surface area contributed by atoms with Crippen molar-refractivity contribution < 1.29 is 27.7 Å². The van der Waals surface area contributed by atoms with Crippen LogP contribution in [-0.4, -0.2) is 72.9 Å². The number of ether oxygens (including phenoxy) is 3. The second-order valence-electron chi connectivity index (χ2n) is 10.5. The number of imidazole rings is 1. The molecule has 2 fully saturated rings. The molecule has 4 aromatic rings. The Labute approximate surface area is 237 Å². The Kier molecular flexibility index (Phi) is 7.54. The van der Waals surface area contributed by atoms with Crippen molar-refractivity contribution in [2.75, 3.05) is 32.2 Å². The average Bonchev–Trinajstić information content (AvgIpc) is 3.31. The van der Waals surface area contributed by atoms with E-state index in [0.29, 0.717) is 52.6 Å². The Morgan fingerprint density at radius 1 is 1.02 bits per heavy atom. The third-order valence-electron chi connectivity index (χ3n) is 7.50. The van der Waals surface area contributed by atoms with E-state index in [1.165, 1.54) is 0 Å². The molecule has 0 saturated carbocycles. The van der Waals surface area contributed by atoms with Crippen molar-refractivity contribution in [1.29, 1.82) is 0 Å². The fraction of sp³-hybridized carbons (Fsp3) is 0.379. The minimum absolute atomic E-state index is 0.00183. The van der Waals surface area contributed by atoms with E-state index < -0.39 is 9.84 Å². The number of pyridine rings is 1. The highest BCUT2D eigenvalue weighted by molar-refractivity contribution is 7.91. The van der Waals surface area contributed by atoms with Crippen molar-refractivity contribution in [3.63, 3.8) is 0 Å². The molecule has 0 radical (unpaired) electrons. The summed E-state index contributed by atoms with van der Waals surface area (Å²) >= 11 is 6.60. The third-order valence-corrected chi connectivity index (χ3v) is 9.68. The van der Waals surface area contributed by atoms with Gasteiger partial charge in [-0.3, -0.25) is 0 Å². The van der Waals surface area contributed by atoms with Crippen LogP contribution in [-0.2, 0) is 19.3 Å². The van der Waals surface area contributed by atoms with Crippen molar-refractivity contribution >= 4 is 32.6 Å². The Balaban J connectivity index is 1.17. The number of halogens is 1. The van der Waals surface area contributed by atoms with Crippen LogP contribution in [0.5, 0.6) is 6.01 Å². The summed E-state index contributed by atoms with van der Waals surface area (Å²) in [4.78, 5) is 12.6. The monoisotopic (exact) mass is 583 g/mol. The molecule has 0 aliphatic carbocycles. The molecule has 0 amide bonds. The molecule has 4 heterocycles. The van der Waals surface area contributed by atoms with Crippen LogP contribution in [0.4, 0.5) is 0 Å². The van der Waals surface area contributed by atoms with Gasteiger partial charge in [-0.25, -0.2) is 13.4 Å². The lowest BCUT2D eigenvalue weighted by Gasteiger charge is -2.32. The minimum Gasteiger partial charge on any atom is -0.459 e. The number of sulfone groups is 1. The van der Waals surface area contributed by atoms with Crippen molar-refractivity contribution in [2.45, 2.75) is 30.4 Å². The molecule has 210 valence electrons. The lowest BCUT2D eigenvalue weighted by molar-refractivity contribution is -0.0958. The van der Waals surface area contributed by atoms with Crippen LogP contribution in [0.25, 0.3) is 33.5 Å². The highest BCUT2D eigenvalue weighted by atomic mass is 35.5. The van der Waals surface area contributed by atoms with E-state index in [1.807, 2.05) is 43.3 Å². The maximum absolute atomic E-state index is 12.6. The van der Waals surface area contributed by atoms with Gasteiger partial charge in [0, 0.05) is 11.5 Å². The van der Waals surface area contributed by atoms with Gasteiger partial charge in [0.1, 0.15) is 6.10 Å². The highest BCUT2D eigenvalue weighted by Crippen LogP contribution is 2.32. The third kappa shape index (κ3) is 5.59. The molecule has 40 heavy (non-hydrogen) atoms. The maximum Gasteiger partial charge on any atom is 0.296 e. The Morgan fingerprint density at radius 3 is 2.33 bits per heavy atom. The fourth-order valence-electron chi connectivity index (χ4n) is 5.12. The molecule has 6 rings (SSSR count). The first-order valence-electron chi connectivity index (χ1n) is 13.3. The van der Waals surface area contributed by atoms with Crippen LogP contribution < -0.4 is 4.74 Å². The zero-order chi connectivity index (χ0) is 27.9. The summed E-state index contributed by atoms with van der Waals surface area (Å²) in [5.74, 6) is 0.365. The number of fused-ring (bicyclic) bond motifs is 1. The summed E-state index contributed by atoms with van der Waals surface area (Å²) in [6.45, 7) is 3.42. The van der Waals surface area contributed by atoms with Gasteiger partial charge in [-0.1, -0.05) is 54.9 Å². The Hall–Kier alpha value is -3.02. The van der Waals surface area contributed by atoms with Crippen LogP contribution in [0.15, 0.2) is 59.5 Å². The first kappa shape index (κ1) is 27.2. The number of aliphatic hydroxyl groups excluding tert-OH is 1. The number of aromatic nitrogens is 3. The number of rotatable bonds is 8. The number of nitrogens with zero attached hydrogens (tertiary/aromatic N) is 2. The van der Waals surface area contributed by atoms with E-state index in [0.717, 1.165) is 23.1 Å². The number of hydrogen-bond donors (Lipinski definition) is 2. The SMILES string of the molecule is C[C@H]1C[C@@H](Oc2nc3nc(-c4ccc(-c5ccc(S(=O)(=O)CC6COC6)cc5)cc4)c(Cl)cc3[nH]2)CO[C@@H]1CO. The molecule has 11 heteroatoms. The van der Waals surface area contributed by atoms with Crippen LogP contribution in [0.2, 0.25) is 5.02 Å². The van der Waals surface area contributed by atoms with Gasteiger partial charge >= 0.3 is 0 Å². The van der Waals surface area contributed by atoms with Crippen molar-refractivity contribution in [1.82, 2.24) is 15.0 Å². The molecule has 0 spiro atoms. The highest BCUT2D eigenvalue weighted by Gasteiger charge is 2.30. The average molecular weight is 584 g/mol.